The number of benzene rings is 2. The Morgan fingerprint density at radius 2 is 1.28 bits per heavy atom. The number of hydrogen-bond donors (Lipinski definition) is 3. The van der Waals surface area contributed by atoms with Crippen LogP contribution >= 0.6 is 31.9 Å². The third-order valence-electron chi connectivity index (χ3n) is 7.57. The summed E-state index contributed by atoms with van der Waals surface area (Å²) in [4.78, 5) is 8.85. The van der Waals surface area contributed by atoms with Gasteiger partial charge in [0.15, 0.2) is 0 Å². The van der Waals surface area contributed by atoms with Gasteiger partial charge in [0.25, 0.3) is 0 Å². The zero-order valence-electron chi connectivity index (χ0n) is 29.0. The molecular formula is C34H52B2Br2N4O2Si2. The van der Waals surface area contributed by atoms with Crippen molar-refractivity contribution in [2.24, 2.45) is 4.99 Å². The van der Waals surface area contributed by atoms with Crippen LogP contribution in [0, 0.1) is 23.4 Å². The van der Waals surface area contributed by atoms with E-state index in [1.165, 1.54) is 5.71 Å². The molecule has 12 heteroatoms. The molecule has 248 valence electrons. The van der Waals surface area contributed by atoms with Crippen LogP contribution in [0.1, 0.15) is 25.7 Å². The predicted molar refractivity (Wildman–Crippen MR) is 214 cm³/mol. The fraction of sp³-hybridized carbons (Fsp3) is 0.500. The number of anilines is 1. The minimum atomic E-state index is -1.43. The fourth-order valence-corrected chi connectivity index (χ4v) is 6.04. The second-order valence-corrected chi connectivity index (χ2v) is 25.3. The Labute approximate surface area is 298 Å². The van der Waals surface area contributed by atoms with E-state index in [9.17, 15) is 10.0 Å². The maximum atomic E-state index is 9.81. The maximum absolute atomic E-state index is 9.81. The Hall–Kier alpha value is -1.61. The van der Waals surface area contributed by atoms with E-state index in [4.69, 9.17) is 6.42 Å². The third kappa shape index (κ3) is 15.1. The SMILES string of the molecule is C#C[Si](C)(C)C.CB(O)N1CCC(=Nc2ccccc2Br)CC1.CB(O)N1CCC(C#C[Si](C)(C)C)(Nc2ccccc2Br)CC1. The normalized spacial score (nSPS) is 16.6. The molecule has 3 N–H and O–H groups in total. The second kappa shape index (κ2) is 18.8. The van der Waals surface area contributed by atoms with Crippen molar-refractivity contribution in [1.82, 2.24) is 9.62 Å². The number of hydrogen-bond acceptors (Lipinski definition) is 6. The lowest BCUT2D eigenvalue weighted by Gasteiger charge is -2.40. The Bertz CT molecular complexity index is 1380. The monoisotopic (exact) mass is 784 g/mol. The molecule has 0 aromatic heterocycles. The van der Waals surface area contributed by atoms with Crippen LogP contribution in [0.2, 0.25) is 52.9 Å². The topological polar surface area (TPSA) is 71.3 Å². The van der Waals surface area contributed by atoms with Crippen LogP contribution in [0.15, 0.2) is 62.5 Å². The van der Waals surface area contributed by atoms with Crippen LogP contribution in [0.5, 0.6) is 0 Å². The smallest absolute Gasteiger partial charge is 0.376 e. The van der Waals surface area contributed by atoms with Gasteiger partial charge in [0.2, 0.25) is 0 Å². The number of rotatable bonds is 5. The first-order chi connectivity index (χ1) is 21.4. The molecule has 0 radical (unpaired) electrons. The number of terminal acetylenes is 1. The van der Waals surface area contributed by atoms with E-state index in [0.717, 1.165) is 72.2 Å². The highest BCUT2D eigenvalue weighted by Gasteiger charge is 2.35. The van der Waals surface area contributed by atoms with Crippen molar-refractivity contribution >= 4 is 79.2 Å². The van der Waals surface area contributed by atoms with Crippen molar-refractivity contribution in [2.45, 2.75) is 84.2 Å². The van der Waals surface area contributed by atoms with Crippen molar-refractivity contribution in [3.8, 4) is 23.4 Å². The van der Waals surface area contributed by atoms with Gasteiger partial charge in [0.05, 0.1) is 5.69 Å². The standard InChI is InChI=1S/C17H26BBrN2OSi.C12H16BBrN2O.C5H10Si/c1-18(22)21-12-9-17(10-13-21,11-14-23(2,3)4)20-16-8-6-5-7-15(16)19;1-13(17)16-8-6-10(7-9-16)15-12-5-3-2-4-11(12)14;1-5-6(2,3)4/h5-8,20,22H,9-10,12-13H2,1-4H3;2-5,17H,6-9H2,1H3;1H,2-4H3. The molecule has 0 amide bonds. The van der Waals surface area contributed by atoms with Crippen LogP contribution in [0.3, 0.4) is 0 Å². The third-order valence-corrected chi connectivity index (χ3v) is 10.7. The number of piperidine rings is 2. The van der Waals surface area contributed by atoms with Gasteiger partial charge >= 0.3 is 14.1 Å². The first-order valence-corrected chi connectivity index (χ1v) is 24.7. The molecule has 0 saturated carbocycles. The molecule has 0 spiro atoms. The number of aliphatic imine (C=N–C) groups is 1. The lowest BCUT2D eigenvalue weighted by atomic mass is 9.78. The van der Waals surface area contributed by atoms with Gasteiger partial charge in [-0.05, 0) is 122 Å². The van der Waals surface area contributed by atoms with E-state index in [1.54, 1.807) is 0 Å². The highest BCUT2D eigenvalue weighted by atomic mass is 79.9. The molecule has 2 aliphatic heterocycles. The Morgan fingerprint density at radius 3 is 1.74 bits per heavy atom. The molecule has 2 aromatic rings. The highest BCUT2D eigenvalue weighted by molar-refractivity contribution is 9.11. The molecule has 0 atom stereocenters. The Balaban J connectivity index is 0.000000280. The van der Waals surface area contributed by atoms with Gasteiger partial charge < -0.3 is 25.0 Å². The average Bonchev–Trinajstić information content (AvgIpc) is 2.99. The molecule has 46 heavy (non-hydrogen) atoms. The predicted octanol–water partition coefficient (Wildman–Crippen LogP) is 7.91. The van der Waals surface area contributed by atoms with E-state index in [0.29, 0.717) is 0 Å². The van der Waals surface area contributed by atoms with E-state index in [2.05, 4.69) is 114 Å². The van der Waals surface area contributed by atoms with Gasteiger partial charge in [-0.3, -0.25) is 4.99 Å². The van der Waals surface area contributed by atoms with E-state index >= 15 is 0 Å². The molecule has 2 heterocycles. The van der Waals surface area contributed by atoms with Gasteiger partial charge in [-0.1, -0.05) is 69.5 Å². The number of nitrogens with one attached hydrogen (secondary N) is 1. The van der Waals surface area contributed by atoms with E-state index in [-0.39, 0.29) is 19.6 Å². The van der Waals surface area contributed by atoms with Crippen molar-refractivity contribution < 1.29 is 10.0 Å². The summed E-state index contributed by atoms with van der Waals surface area (Å²) in [5, 5.41) is 23.0. The van der Waals surface area contributed by atoms with Gasteiger partial charge in [-0.25, -0.2) is 0 Å². The molecule has 0 unspecified atom stereocenters. The van der Waals surface area contributed by atoms with Gasteiger partial charge in [-0.15, -0.1) is 17.5 Å². The molecule has 0 bridgehead atoms. The van der Waals surface area contributed by atoms with Crippen molar-refractivity contribution in [2.75, 3.05) is 31.5 Å². The molecular weight excluding hydrogens is 734 g/mol. The zero-order chi connectivity index (χ0) is 34.5. The van der Waals surface area contributed by atoms with Crippen LogP contribution in [-0.2, 0) is 0 Å². The van der Waals surface area contributed by atoms with Crippen LogP contribution in [0.4, 0.5) is 11.4 Å². The summed E-state index contributed by atoms with van der Waals surface area (Å²) in [6.07, 6.45) is 8.82. The summed E-state index contributed by atoms with van der Waals surface area (Å²) in [5.74, 6) is 3.58. The molecule has 4 rings (SSSR count). The minimum absolute atomic E-state index is 0.213. The number of para-hydroxylation sites is 2. The van der Waals surface area contributed by atoms with Gasteiger partial charge in [0, 0.05) is 20.3 Å². The Kier molecular flexibility index (Phi) is 16.6. The summed E-state index contributed by atoms with van der Waals surface area (Å²) in [6.45, 7) is 20.4. The minimum Gasteiger partial charge on any atom is -0.437 e. The number of nitrogens with zero attached hydrogens (tertiary/aromatic N) is 3. The lowest BCUT2D eigenvalue weighted by Crippen LogP contribution is -2.52. The summed E-state index contributed by atoms with van der Waals surface area (Å²) in [6, 6.07) is 16.2. The molecule has 2 aromatic carbocycles. The fourth-order valence-electron chi connectivity index (χ4n) is 4.67. The van der Waals surface area contributed by atoms with Crippen molar-refractivity contribution in [1.29, 1.82) is 0 Å². The van der Waals surface area contributed by atoms with Gasteiger partial charge in [-0.2, -0.15) is 0 Å². The van der Waals surface area contributed by atoms with Crippen LogP contribution < -0.4 is 5.32 Å². The highest BCUT2D eigenvalue weighted by Crippen LogP contribution is 2.31. The average molecular weight is 786 g/mol. The summed E-state index contributed by atoms with van der Waals surface area (Å²) in [7, 11) is -3.27. The maximum Gasteiger partial charge on any atom is 0.376 e. The summed E-state index contributed by atoms with van der Waals surface area (Å²) < 4.78 is 2.09. The molecule has 2 aliphatic rings. The Morgan fingerprint density at radius 1 is 0.804 bits per heavy atom. The second-order valence-electron chi connectivity index (χ2n) is 14.0. The van der Waals surface area contributed by atoms with Crippen LogP contribution in [-0.4, -0.2) is 87.3 Å². The van der Waals surface area contributed by atoms with E-state index in [1.807, 2.05) is 56.1 Å². The van der Waals surface area contributed by atoms with Crippen molar-refractivity contribution in [3.63, 3.8) is 0 Å². The first kappa shape index (κ1) is 40.6. The van der Waals surface area contributed by atoms with E-state index < -0.39 is 16.1 Å². The quantitative estimate of drug-likeness (QED) is 0.213. The largest absolute Gasteiger partial charge is 0.437 e. The molecule has 2 fully saturated rings. The summed E-state index contributed by atoms with van der Waals surface area (Å²) >= 11 is 7.12. The molecule has 2 saturated heterocycles. The lowest BCUT2D eigenvalue weighted by molar-refractivity contribution is 0.269. The molecule has 0 aliphatic carbocycles. The molecule has 6 nitrogen and oxygen atoms in total. The van der Waals surface area contributed by atoms with Crippen LogP contribution in [0.25, 0.3) is 0 Å². The van der Waals surface area contributed by atoms with Crippen molar-refractivity contribution in [3.05, 3.63) is 57.5 Å². The number of halogens is 2. The summed E-state index contributed by atoms with van der Waals surface area (Å²) in [5.41, 5.74) is 9.37. The zero-order valence-corrected chi connectivity index (χ0v) is 34.2. The van der Waals surface area contributed by atoms with Gasteiger partial charge in [0.1, 0.15) is 21.7 Å². The first-order valence-electron chi connectivity index (χ1n) is 16.1.